The van der Waals surface area contributed by atoms with Crippen LogP contribution in [-0.4, -0.2) is 34.5 Å². The maximum atomic E-state index is 10.8. The van der Waals surface area contributed by atoms with Gasteiger partial charge >= 0.3 is 12.0 Å². The van der Waals surface area contributed by atoms with Crippen LogP contribution in [0.2, 0.25) is 0 Å². The predicted octanol–water partition coefficient (Wildman–Crippen LogP) is 5.66. The minimum Gasteiger partial charge on any atom is -0.481 e. The van der Waals surface area contributed by atoms with E-state index in [1.807, 2.05) is 12.1 Å². The van der Waals surface area contributed by atoms with Crippen LogP contribution in [0.3, 0.4) is 0 Å². The molecule has 0 unspecified atom stereocenters. The lowest BCUT2D eigenvalue weighted by molar-refractivity contribution is -0.138. The Morgan fingerprint density at radius 1 is 1.03 bits per heavy atom. The van der Waals surface area contributed by atoms with Gasteiger partial charge < -0.3 is 19.6 Å². The molecule has 0 saturated heterocycles. The zero-order valence-corrected chi connectivity index (χ0v) is 18.6. The van der Waals surface area contributed by atoms with E-state index in [1.165, 1.54) is 18.4 Å². The van der Waals surface area contributed by atoms with Crippen molar-refractivity contribution in [2.75, 3.05) is 18.5 Å². The average Bonchev–Trinajstić information content (AvgIpc) is 3.38. The zero-order chi connectivity index (χ0) is 22.7. The summed E-state index contributed by atoms with van der Waals surface area (Å²) in [5, 5.41) is 20.2. The van der Waals surface area contributed by atoms with Gasteiger partial charge in [0.05, 0.1) is 19.6 Å². The van der Waals surface area contributed by atoms with Crippen molar-refractivity contribution >= 4 is 17.7 Å². The van der Waals surface area contributed by atoms with Gasteiger partial charge in [0.25, 0.3) is 0 Å². The van der Waals surface area contributed by atoms with Crippen molar-refractivity contribution in [1.29, 1.82) is 0 Å². The smallest absolute Gasteiger partial charge is 0.320 e. The van der Waals surface area contributed by atoms with E-state index in [0.29, 0.717) is 18.5 Å². The molecule has 0 aliphatic heterocycles. The van der Waals surface area contributed by atoms with Crippen molar-refractivity contribution in [3.05, 3.63) is 60.0 Å². The summed E-state index contributed by atoms with van der Waals surface area (Å²) >= 11 is 0. The van der Waals surface area contributed by atoms with Gasteiger partial charge in [0, 0.05) is 17.0 Å². The molecule has 0 spiro atoms. The summed E-state index contributed by atoms with van der Waals surface area (Å²) in [5.74, 6) is 0.348. The molecule has 2 aliphatic rings. The molecule has 0 amide bonds. The highest BCUT2D eigenvalue weighted by atomic mass is 16.5. The molecule has 3 aromatic rings. The Kier molecular flexibility index (Phi) is 6.13. The molecule has 7 heteroatoms. The minimum atomic E-state index is -0.818. The van der Waals surface area contributed by atoms with E-state index >= 15 is 0 Å². The monoisotopic (exact) mass is 447 g/mol. The first-order valence-electron chi connectivity index (χ1n) is 11.7. The van der Waals surface area contributed by atoms with E-state index in [-0.39, 0.29) is 18.4 Å². The summed E-state index contributed by atoms with van der Waals surface area (Å²) < 4.78 is 11.4. The SMILES string of the molecule is O=C(O)CCOCC1(c2ccc(-c3ccc(Nc4nnc(C5CC5)o4)cc3)cc2)CCCC1. The normalized spacial score (nSPS) is 17.2. The Hall–Kier alpha value is -3.19. The summed E-state index contributed by atoms with van der Waals surface area (Å²) in [4.78, 5) is 10.8. The van der Waals surface area contributed by atoms with Gasteiger partial charge in [-0.15, -0.1) is 5.10 Å². The number of anilines is 2. The molecule has 33 heavy (non-hydrogen) atoms. The van der Waals surface area contributed by atoms with Crippen LogP contribution in [0.25, 0.3) is 11.1 Å². The van der Waals surface area contributed by atoms with Gasteiger partial charge in [0.1, 0.15) is 0 Å². The first-order valence-corrected chi connectivity index (χ1v) is 11.7. The lowest BCUT2D eigenvalue weighted by Gasteiger charge is -2.29. The van der Waals surface area contributed by atoms with Crippen LogP contribution in [-0.2, 0) is 14.9 Å². The Morgan fingerprint density at radius 3 is 2.33 bits per heavy atom. The molecular weight excluding hydrogens is 418 g/mol. The van der Waals surface area contributed by atoms with Crippen LogP contribution in [0.1, 0.15) is 62.3 Å². The number of carbonyl (C=O) groups is 1. The van der Waals surface area contributed by atoms with E-state index in [2.05, 4.69) is 51.9 Å². The number of ether oxygens (including phenoxy) is 1. The van der Waals surface area contributed by atoms with Gasteiger partial charge in [0.15, 0.2) is 0 Å². The van der Waals surface area contributed by atoms with Gasteiger partial charge in [-0.1, -0.05) is 54.3 Å². The number of hydrogen-bond donors (Lipinski definition) is 2. The van der Waals surface area contributed by atoms with Crippen LogP contribution in [0.15, 0.2) is 52.9 Å². The number of carboxylic acids is 1. The van der Waals surface area contributed by atoms with Crippen LogP contribution in [0.4, 0.5) is 11.7 Å². The fourth-order valence-electron chi connectivity index (χ4n) is 4.66. The lowest BCUT2D eigenvalue weighted by atomic mass is 9.79. The van der Waals surface area contributed by atoms with E-state index < -0.39 is 5.97 Å². The average molecular weight is 448 g/mol. The number of nitrogens with zero attached hydrogens (tertiary/aromatic N) is 2. The number of aromatic nitrogens is 2. The van der Waals surface area contributed by atoms with Crippen LogP contribution < -0.4 is 5.32 Å². The number of nitrogens with one attached hydrogen (secondary N) is 1. The molecule has 0 atom stereocenters. The van der Waals surface area contributed by atoms with Crippen LogP contribution >= 0.6 is 0 Å². The third kappa shape index (κ3) is 5.09. The Bertz CT molecular complexity index is 1080. The second kappa shape index (κ2) is 9.35. The fraction of sp³-hybridized carbons (Fsp3) is 0.423. The second-order valence-corrected chi connectivity index (χ2v) is 9.18. The van der Waals surface area contributed by atoms with Gasteiger partial charge in [0.2, 0.25) is 5.89 Å². The number of rotatable bonds is 10. The summed E-state index contributed by atoms with van der Waals surface area (Å²) in [7, 11) is 0. The fourth-order valence-corrected chi connectivity index (χ4v) is 4.66. The molecule has 7 nitrogen and oxygen atoms in total. The molecule has 1 heterocycles. The van der Waals surface area contributed by atoms with Gasteiger partial charge in [-0.05, 0) is 54.5 Å². The second-order valence-electron chi connectivity index (χ2n) is 9.18. The van der Waals surface area contributed by atoms with Crippen molar-refractivity contribution < 1.29 is 19.1 Å². The third-order valence-corrected chi connectivity index (χ3v) is 6.73. The molecule has 5 rings (SSSR count). The molecule has 0 bridgehead atoms. The third-order valence-electron chi connectivity index (χ3n) is 6.73. The number of aliphatic carboxylic acids is 1. The first-order chi connectivity index (χ1) is 16.1. The van der Waals surface area contributed by atoms with Crippen LogP contribution in [0.5, 0.6) is 0 Å². The van der Waals surface area contributed by atoms with Crippen molar-refractivity contribution in [2.45, 2.75) is 56.3 Å². The highest BCUT2D eigenvalue weighted by Gasteiger charge is 2.36. The first kappa shape index (κ1) is 21.6. The molecule has 2 saturated carbocycles. The van der Waals surface area contributed by atoms with Crippen molar-refractivity contribution in [3.63, 3.8) is 0 Å². The standard InChI is InChI=1S/C26H29N3O4/c30-23(31)13-16-32-17-26(14-1-2-15-26)21-9-5-18(6-10-21)19-7-11-22(12-8-19)27-25-29-28-24(33-25)20-3-4-20/h5-12,20H,1-4,13-17H2,(H,27,29)(H,30,31). The molecule has 0 radical (unpaired) electrons. The Labute approximate surface area is 193 Å². The number of carboxylic acid groups (broad SMARTS) is 1. The Balaban J connectivity index is 1.23. The minimum absolute atomic E-state index is 0.00575. The molecule has 1 aromatic heterocycles. The summed E-state index contributed by atoms with van der Waals surface area (Å²) in [6.45, 7) is 0.846. The maximum Gasteiger partial charge on any atom is 0.320 e. The van der Waals surface area contributed by atoms with Crippen molar-refractivity contribution in [1.82, 2.24) is 10.2 Å². The van der Waals surface area contributed by atoms with Gasteiger partial charge in [-0.25, -0.2) is 0 Å². The molecule has 2 aliphatic carbocycles. The molecule has 2 N–H and O–H groups in total. The van der Waals surface area contributed by atoms with Crippen molar-refractivity contribution in [3.8, 4) is 11.1 Å². The van der Waals surface area contributed by atoms with Gasteiger partial charge in [-0.2, -0.15) is 0 Å². The number of hydrogen-bond acceptors (Lipinski definition) is 6. The number of benzene rings is 2. The van der Waals surface area contributed by atoms with Gasteiger partial charge in [-0.3, -0.25) is 4.79 Å². The van der Waals surface area contributed by atoms with E-state index in [1.54, 1.807) is 0 Å². The van der Waals surface area contributed by atoms with Crippen molar-refractivity contribution in [2.24, 2.45) is 0 Å². The summed E-state index contributed by atoms with van der Waals surface area (Å²) in [6, 6.07) is 17.3. The lowest BCUT2D eigenvalue weighted by Crippen LogP contribution is -2.29. The zero-order valence-electron chi connectivity index (χ0n) is 18.6. The topological polar surface area (TPSA) is 97.5 Å². The summed E-state index contributed by atoms with van der Waals surface area (Å²) in [5.41, 5.74) is 4.47. The predicted molar refractivity (Wildman–Crippen MR) is 125 cm³/mol. The Morgan fingerprint density at radius 2 is 1.70 bits per heavy atom. The largest absolute Gasteiger partial charge is 0.481 e. The highest BCUT2D eigenvalue weighted by Crippen LogP contribution is 2.42. The maximum absolute atomic E-state index is 10.8. The van der Waals surface area contributed by atoms with E-state index in [4.69, 9.17) is 14.3 Å². The van der Waals surface area contributed by atoms with E-state index in [9.17, 15) is 4.79 Å². The molecular formula is C26H29N3O4. The highest BCUT2D eigenvalue weighted by molar-refractivity contribution is 5.67. The molecule has 2 aromatic carbocycles. The van der Waals surface area contributed by atoms with Crippen LogP contribution in [0, 0.1) is 0 Å². The molecule has 172 valence electrons. The quantitative estimate of drug-likeness (QED) is 0.387. The molecule has 2 fully saturated rings. The van der Waals surface area contributed by atoms with E-state index in [0.717, 1.165) is 48.4 Å². The summed E-state index contributed by atoms with van der Waals surface area (Å²) in [6.07, 6.45) is 6.84.